The van der Waals surface area contributed by atoms with Crippen LogP contribution in [0.25, 0.3) is 0 Å². The minimum Gasteiger partial charge on any atom is -0.504 e. The Bertz CT molecular complexity index is 273. The minimum absolute atomic E-state index is 0.349. The van der Waals surface area contributed by atoms with E-state index in [9.17, 15) is 8.78 Å². The second kappa shape index (κ2) is 2.92. The molecule has 0 aromatic heterocycles. The average molecular weight is 270 g/mol. The monoisotopic (exact) mass is 270 g/mol. The van der Waals surface area contributed by atoms with Crippen molar-refractivity contribution in [1.29, 1.82) is 0 Å². The number of benzene rings is 1. The van der Waals surface area contributed by atoms with Crippen molar-refractivity contribution in [2.24, 2.45) is 0 Å². The van der Waals surface area contributed by atoms with Crippen molar-refractivity contribution in [3.63, 3.8) is 0 Å². The normalized spacial score (nSPS) is 10.2. The molecule has 0 aliphatic rings. The van der Waals surface area contributed by atoms with E-state index in [1.165, 1.54) is 0 Å². The number of phenols is 1. The second-order valence-electron chi connectivity index (χ2n) is 2.15. The van der Waals surface area contributed by atoms with Gasteiger partial charge in [-0.3, -0.25) is 0 Å². The van der Waals surface area contributed by atoms with Gasteiger partial charge in [-0.1, -0.05) is 0 Å². The molecule has 0 radical (unpaired) electrons. The highest BCUT2D eigenvalue weighted by atomic mass is 127. The Hall–Kier alpha value is -0.390. The summed E-state index contributed by atoms with van der Waals surface area (Å²) < 4.78 is 25.4. The molecule has 0 bridgehead atoms. The van der Waals surface area contributed by atoms with Gasteiger partial charge in [-0.15, -0.1) is 0 Å². The molecule has 1 nitrogen and oxygen atoms in total. The average Bonchev–Trinajstić information content (AvgIpc) is 1.97. The fraction of sp³-hybridized carbons (Fsp3) is 0.143. The maximum atomic E-state index is 12.5. The molecule has 11 heavy (non-hydrogen) atoms. The maximum absolute atomic E-state index is 12.5. The van der Waals surface area contributed by atoms with Crippen molar-refractivity contribution < 1.29 is 13.9 Å². The molecule has 0 heterocycles. The van der Waals surface area contributed by atoms with Gasteiger partial charge in [-0.25, -0.2) is 4.39 Å². The zero-order valence-corrected chi connectivity index (χ0v) is 7.82. The highest BCUT2D eigenvalue weighted by molar-refractivity contribution is 14.1. The van der Waals surface area contributed by atoms with E-state index < -0.39 is 17.4 Å². The highest BCUT2D eigenvalue weighted by Crippen LogP contribution is 2.27. The van der Waals surface area contributed by atoms with Crippen molar-refractivity contribution >= 4 is 22.6 Å². The van der Waals surface area contributed by atoms with Crippen molar-refractivity contribution in [3.8, 4) is 5.75 Å². The van der Waals surface area contributed by atoms with Crippen LogP contribution in [-0.4, -0.2) is 5.11 Å². The van der Waals surface area contributed by atoms with Gasteiger partial charge < -0.3 is 5.11 Å². The number of phenolic OH excluding ortho intramolecular Hbond substituents is 1. The minimum atomic E-state index is -1.18. The van der Waals surface area contributed by atoms with Gasteiger partial charge in [0.2, 0.25) is 5.82 Å². The van der Waals surface area contributed by atoms with E-state index in [4.69, 9.17) is 5.11 Å². The van der Waals surface area contributed by atoms with Gasteiger partial charge >= 0.3 is 0 Å². The summed E-state index contributed by atoms with van der Waals surface area (Å²) in [4.78, 5) is 0. The number of hydrogen-bond donors (Lipinski definition) is 1. The molecule has 1 N–H and O–H groups in total. The maximum Gasteiger partial charge on any atom is 0.201 e. The molecule has 0 spiro atoms. The number of halogens is 3. The van der Waals surface area contributed by atoms with Crippen LogP contribution in [0.3, 0.4) is 0 Å². The SMILES string of the molecule is Cc1cc(F)c(F)c(O)c1I. The van der Waals surface area contributed by atoms with Gasteiger partial charge in [0.05, 0.1) is 3.57 Å². The first-order valence-electron chi connectivity index (χ1n) is 2.87. The summed E-state index contributed by atoms with van der Waals surface area (Å²) in [5, 5.41) is 8.95. The molecule has 1 aromatic rings. The third-order valence-corrected chi connectivity index (χ3v) is 2.68. The molecule has 0 aliphatic carbocycles. The van der Waals surface area contributed by atoms with Crippen LogP contribution in [0, 0.1) is 22.1 Å². The van der Waals surface area contributed by atoms with Crippen LogP contribution >= 0.6 is 22.6 Å². The lowest BCUT2D eigenvalue weighted by Crippen LogP contribution is -1.90. The largest absolute Gasteiger partial charge is 0.504 e. The Morgan fingerprint density at radius 2 is 2.00 bits per heavy atom. The summed E-state index contributed by atoms with van der Waals surface area (Å²) in [7, 11) is 0. The smallest absolute Gasteiger partial charge is 0.201 e. The Labute approximate surface area is 76.2 Å². The van der Waals surface area contributed by atoms with Crippen LogP contribution in [-0.2, 0) is 0 Å². The van der Waals surface area contributed by atoms with Crippen LogP contribution in [0.4, 0.5) is 8.78 Å². The zero-order chi connectivity index (χ0) is 8.59. The van der Waals surface area contributed by atoms with Gasteiger partial charge in [-0.2, -0.15) is 4.39 Å². The summed E-state index contributed by atoms with van der Waals surface area (Å²) in [5.41, 5.74) is 0.530. The second-order valence-corrected chi connectivity index (χ2v) is 3.23. The lowest BCUT2D eigenvalue weighted by Gasteiger charge is -2.02. The number of hydrogen-bond acceptors (Lipinski definition) is 1. The van der Waals surface area contributed by atoms with E-state index in [1.807, 2.05) is 0 Å². The molecule has 1 aromatic carbocycles. The van der Waals surface area contributed by atoms with E-state index in [0.29, 0.717) is 9.13 Å². The first-order valence-corrected chi connectivity index (χ1v) is 3.95. The molecular weight excluding hydrogens is 265 g/mol. The lowest BCUT2D eigenvalue weighted by molar-refractivity contribution is 0.403. The fourth-order valence-corrected chi connectivity index (χ4v) is 1.11. The molecule has 60 valence electrons. The van der Waals surface area contributed by atoms with Gasteiger partial charge in [0.15, 0.2) is 11.6 Å². The lowest BCUT2D eigenvalue weighted by atomic mass is 10.2. The van der Waals surface area contributed by atoms with E-state index in [0.717, 1.165) is 6.07 Å². The molecule has 0 amide bonds. The molecule has 0 atom stereocenters. The fourth-order valence-electron chi connectivity index (χ4n) is 0.713. The van der Waals surface area contributed by atoms with Crippen LogP contribution in [0.2, 0.25) is 0 Å². The third-order valence-electron chi connectivity index (χ3n) is 1.31. The Morgan fingerprint density at radius 3 is 2.55 bits per heavy atom. The topological polar surface area (TPSA) is 20.2 Å². The molecular formula is C7H5F2IO. The van der Waals surface area contributed by atoms with Gasteiger partial charge in [-0.05, 0) is 41.1 Å². The molecule has 0 fully saturated rings. The summed E-state index contributed by atoms with van der Waals surface area (Å²) in [5.74, 6) is -2.80. The molecule has 4 heteroatoms. The predicted octanol–water partition coefficient (Wildman–Crippen LogP) is 2.58. The third kappa shape index (κ3) is 1.45. The van der Waals surface area contributed by atoms with Gasteiger partial charge in [0.25, 0.3) is 0 Å². The van der Waals surface area contributed by atoms with E-state index in [2.05, 4.69) is 0 Å². The first-order chi connectivity index (χ1) is 5.04. The predicted molar refractivity (Wildman–Crippen MR) is 45.5 cm³/mol. The van der Waals surface area contributed by atoms with Crippen LogP contribution in [0.5, 0.6) is 5.75 Å². The quantitative estimate of drug-likeness (QED) is 0.567. The zero-order valence-electron chi connectivity index (χ0n) is 5.66. The van der Waals surface area contributed by atoms with Crippen molar-refractivity contribution in [2.75, 3.05) is 0 Å². The number of aryl methyl sites for hydroxylation is 1. The van der Waals surface area contributed by atoms with Crippen LogP contribution < -0.4 is 0 Å². The summed E-state index contributed by atoms with van der Waals surface area (Å²) in [6.45, 7) is 1.60. The Morgan fingerprint density at radius 1 is 1.45 bits per heavy atom. The Kier molecular flexibility index (Phi) is 2.31. The van der Waals surface area contributed by atoms with Crippen LogP contribution in [0.15, 0.2) is 6.07 Å². The summed E-state index contributed by atoms with van der Waals surface area (Å²) >= 11 is 1.75. The molecule has 0 saturated heterocycles. The highest BCUT2D eigenvalue weighted by Gasteiger charge is 2.12. The summed E-state index contributed by atoms with van der Waals surface area (Å²) in [6.07, 6.45) is 0. The van der Waals surface area contributed by atoms with Crippen molar-refractivity contribution in [1.82, 2.24) is 0 Å². The van der Waals surface area contributed by atoms with E-state index in [1.54, 1.807) is 29.5 Å². The molecule has 0 unspecified atom stereocenters. The van der Waals surface area contributed by atoms with Gasteiger partial charge in [0.1, 0.15) is 0 Å². The number of aromatic hydroxyl groups is 1. The van der Waals surface area contributed by atoms with E-state index in [-0.39, 0.29) is 0 Å². The number of rotatable bonds is 0. The summed E-state index contributed by atoms with van der Waals surface area (Å²) in [6, 6.07) is 1.05. The van der Waals surface area contributed by atoms with Crippen molar-refractivity contribution in [2.45, 2.75) is 6.92 Å². The van der Waals surface area contributed by atoms with Gasteiger partial charge in [0, 0.05) is 0 Å². The van der Waals surface area contributed by atoms with E-state index >= 15 is 0 Å². The standard InChI is InChI=1S/C7H5F2IO/c1-3-2-4(8)5(9)7(11)6(3)10/h2,11H,1H3. The molecule has 1 rings (SSSR count). The van der Waals surface area contributed by atoms with Crippen molar-refractivity contribution in [3.05, 3.63) is 26.8 Å². The molecule has 0 aliphatic heterocycles. The van der Waals surface area contributed by atoms with Crippen LogP contribution in [0.1, 0.15) is 5.56 Å². The molecule has 0 saturated carbocycles. The Balaban J connectivity index is 3.46. The first kappa shape index (κ1) is 8.70.